The highest BCUT2D eigenvalue weighted by atomic mass is 16.6. The van der Waals surface area contributed by atoms with Gasteiger partial charge in [0.15, 0.2) is 6.10 Å². The van der Waals surface area contributed by atoms with Crippen molar-refractivity contribution in [2.24, 2.45) is 0 Å². The Bertz CT molecular complexity index is 1500. The Morgan fingerprint density at radius 3 is 0.756 bits per heavy atom. The molecule has 0 amide bonds. The number of allylic oxidation sites excluding steroid dienone is 12. The van der Waals surface area contributed by atoms with E-state index in [1.807, 2.05) is 0 Å². The summed E-state index contributed by atoms with van der Waals surface area (Å²) in [6, 6.07) is 0. The number of carbonyl (C=O) groups is 3. The topological polar surface area (TPSA) is 78.9 Å². The maximum atomic E-state index is 12.9. The number of hydrogen-bond donors (Lipinski definition) is 0. The lowest BCUT2D eigenvalue weighted by atomic mass is 10.0. The van der Waals surface area contributed by atoms with Crippen molar-refractivity contribution in [1.29, 1.82) is 0 Å². The summed E-state index contributed by atoms with van der Waals surface area (Å²) < 4.78 is 17.0. The number of carbonyl (C=O) groups excluding carboxylic acids is 3. The van der Waals surface area contributed by atoms with Crippen LogP contribution in [0.1, 0.15) is 374 Å². The Morgan fingerprint density at radius 2 is 0.476 bits per heavy atom. The van der Waals surface area contributed by atoms with Gasteiger partial charge in [-0.2, -0.15) is 0 Å². The van der Waals surface area contributed by atoms with Crippen molar-refractivity contribution in [1.82, 2.24) is 0 Å². The Hall–Kier alpha value is -3.15. The van der Waals surface area contributed by atoms with Crippen LogP contribution >= 0.6 is 0 Å². The van der Waals surface area contributed by atoms with Gasteiger partial charge in [-0.1, -0.05) is 338 Å². The molecule has 0 spiro atoms. The molecule has 0 N–H and O–H groups in total. The zero-order valence-electron chi connectivity index (χ0n) is 54.8. The Labute approximate surface area is 510 Å². The number of ether oxygens (including phenoxy) is 3. The molecular formula is C76H136O6. The molecule has 1 atom stereocenters. The van der Waals surface area contributed by atoms with Gasteiger partial charge in [0, 0.05) is 19.3 Å². The molecule has 0 radical (unpaired) electrons. The van der Waals surface area contributed by atoms with Crippen LogP contribution in [0.3, 0.4) is 0 Å². The quantitative estimate of drug-likeness (QED) is 0.0261. The molecule has 0 heterocycles. The van der Waals surface area contributed by atoms with Crippen LogP contribution in [0.2, 0.25) is 0 Å². The van der Waals surface area contributed by atoms with E-state index in [0.29, 0.717) is 19.3 Å². The highest BCUT2D eigenvalue weighted by Gasteiger charge is 2.19. The van der Waals surface area contributed by atoms with E-state index in [0.717, 1.165) is 96.3 Å². The number of unbranched alkanes of at least 4 members (excludes halogenated alkanes) is 43. The fraction of sp³-hybridized carbons (Fsp3) is 0.803. The molecule has 0 aromatic heterocycles. The highest BCUT2D eigenvalue weighted by Crippen LogP contribution is 2.18. The van der Waals surface area contributed by atoms with E-state index in [1.54, 1.807) is 0 Å². The van der Waals surface area contributed by atoms with E-state index in [1.165, 1.54) is 238 Å². The number of hydrogen-bond acceptors (Lipinski definition) is 6. The molecule has 0 aromatic rings. The van der Waals surface area contributed by atoms with Gasteiger partial charge >= 0.3 is 17.9 Å². The summed E-state index contributed by atoms with van der Waals surface area (Å²) in [5, 5.41) is 0. The summed E-state index contributed by atoms with van der Waals surface area (Å²) in [6.45, 7) is 6.57. The second-order valence-electron chi connectivity index (χ2n) is 24.1. The van der Waals surface area contributed by atoms with E-state index in [2.05, 4.69) is 93.7 Å². The van der Waals surface area contributed by atoms with Gasteiger partial charge in [-0.15, -0.1) is 0 Å². The molecule has 0 aliphatic heterocycles. The lowest BCUT2D eigenvalue weighted by molar-refractivity contribution is -0.167. The summed E-state index contributed by atoms with van der Waals surface area (Å²) in [4.78, 5) is 38.4. The van der Waals surface area contributed by atoms with Gasteiger partial charge in [0.05, 0.1) is 0 Å². The maximum absolute atomic E-state index is 12.9. The lowest BCUT2D eigenvalue weighted by Crippen LogP contribution is -2.30. The highest BCUT2D eigenvalue weighted by molar-refractivity contribution is 5.71. The predicted octanol–water partition coefficient (Wildman–Crippen LogP) is 24.8. The molecule has 6 nitrogen and oxygen atoms in total. The summed E-state index contributed by atoms with van der Waals surface area (Å²) in [7, 11) is 0. The molecule has 0 rings (SSSR count). The first kappa shape index (κ1) is 78.8. The van der Waals surface area contributed by atoms with E-state index in [4.69, 9.17) is 14.2 Å². The first-order valence-electron chi connectivity index (χ1n) is 35.9. The molecule has 0 aliphatic rings. The first-order chi connectivity index (χ1) is 40.5. The third-order valence-electron chi connectivity index (χ3n) is 15.9. The molecule has 1 unspecified atom stereocenters. The molecular weight excluding hydrogens is 1010 g/mol. The van der Waals surface area contributed by atoms with E-state index < -0.39 is 6.10 Å². The van der Waals surface area contributed by atoms with Crippen molar-refractivity contribution >= 4 is 17.9 Å². The maximum Gasteiger partial charge on any atom is 0.306 e. The molecule has 82 heavy (non-hydrogen) atoms. The predicted molar refractivity (Wildman–Crippen MR) is 358 cm³/mol. The molecule has 0 fully saturated rings. The summed E-state index contributed by atoms with van der Waals surface area (Å²) >= 11 is 0. The Balaban J connectivity index is 4.16. The van der Waals surface area contributed by atoms with Gasteiger partial charge in [-0.25, -0.2) is 0 Å². The molecule has 0 aromatic carbocycles. The van der Waals surface area contributed by atoms with Crippen molar-refractivity contribution in [2.45, 2.75) is 380 Å². The normalized spacial score (nSPS) is 12.5. The largest absolute Gasteiger partial charge is 0.462 e. The van der Waals surface area contributed by atoms with Crippen LogP contribution in [0, 0.1) is 0 Å². The van der Waals surface area contributed by atoms with Crippen LogP contribution in [0.25, 0.3) is 0 Å². The van der Waals surface area contributed by atoms with Gasteiger partial charge in [0.1, 0.15) is 13.2 Å². The van der Waals surface area contributed by atoms with E-state index in [-0.39, 0.29) is 31.1 Å². The summed E-state index contributed by atoms with van der Waals surface area (Å²) in [5.74, 6) is -0.855. The van der Waals surface area contributed by atoms with Gasteiger partial charge in [0.2, 0.25) is 0 Å². The minimum Gasteiger partial charge on any atom is -0.462 e. The first-order valence-corrected chi connectivity index (χ1v) is 35.9. The van der Waals surface area contributed by atoms with Crippen LogP contribution in [-0.4, -0.2) is 37.2 Å². The van der Waals surface area contributed by atoms with Crippen molar-refractivity contribution in [3.63, 3.8) is 0 Å². The second-order valence-corrected chi connectivity index (χ2v) is 24.1. The minimum absolute atomic E-state index is 0.0718. The smallest absolute Gasteiger partial charge is 0.306 e. The summed E-state index contributed by atoms with van der Waals surface area (Å²) in [6.07, 6.45) is 92.2. The van der Waals surface area contributed by atoms with Gasteiger partial charge in [-0.3, -0.25) is 14.4 Å². The van der Waals surface area contributed by atoms with E-state index in [9.17, 15) is 14.4 Å². The van der Waals surface area contributed by atoms with Crippen molar-refractivity contribution < 1.29 is 28.6 Å². The third kappa shape index (κ3) is 67.6. The Morgan fingerprint density at radius 1 is 0.256 bits per heavy atom. The van der Waals surface area contributed by atoms with Gasteiger partial charge in [-0.05, 0) is 89.9 Å². The average Bonchev–Trinajstić information content (AvgIpc) is 3.47. The average molecular weight is 1150 g/mol. The van der Waals surface area contributed by atoms with Crippen LogP contribution in [-0.2, 0) is 28.6 Å². The fourth-order valence-electron chi connectivity index (χ4n) is 10.6. The molecule has 0 aliphatic carbocycles. The second kappa shape index (κ2) is 70.3. The van der Waals surface area contributed by atoms with Gasteiger partial charge in [0.25, 0.3) is 0 Å². The zero-order valence-corrected chi connectivity index (χ0v) is 54.8. The summed E-state index contributed by atoms with van der Waals surface area (Å²) in [5.41, 5.74) is 0. The van der Waals surface area contributed by atoms with Crippen molar-refractivity contribution in [3.8, 4) is 0 Å². The van der Waals surface area contributed by atoms with Crippen molar-refractivity contribution in [2.75, 3.05) is 13.2 Å². The van der Waals surface area contributed by atoms with Gasteiger partial charge < -0.3 is 14.2 Å². The lowest BCUT2D eigenvalue weighted by Gasteiger charge is -2.18. The van der Waals surface area contributed by atoms with Crippen LogP contribution in [0.4, 0.5) is 0 Å². The minimum atomic E-state index is -0.775. The van der Waals surface area contributed by atoms with E-state index >= 15 is 0 Å². The zero-order chi connectivity index (χ0) is 59.2. The third-order valence-corrected chi connectivity index (χ3v) is 15.9. The molecule has 6 heteroatoms. The monoisotopic (exact) mass is 1150 g/mol. The number of rotatable bonds is 66. The molecule has 0 bridgehead atoms. The SMILES string of the molecule is CC/C=C\C/C=C\C/C=C\C/C=C\C/C=C\CCCCCCCCCCCCCCCCCCCC(=O)OCC(COC(=O)CCCCCCC/C=C\CCCCCCC)OC(=O)CCCCCCCCCCCCCCCCCCC. The van der Waals surface area contributed by atoms with Crippen LogP contribution in [0.15, 0.2) is 72.9 Å². The molecule has 0 saturated carbocycles. The number of esters is 3. The molecule has 476 valence electrons. The van der Waals surface area contributed by atoms with Crippen LogP contribution < -0.4 is 0 Å². The fourth-order valence-corrected chi connectivity index (χ4v) is 10.6. The van der Waals surface area contributed by atoms with Crippen LogP contribution in [0.5, 0.6) is 0 Å². The Kier molecular flexibility index (Phi) is 67.6. The standard InChI is InChI=1S/C76H136O6/c1-4-7-10-13-16-19-22-25-28-30-31-32-33-34-35-36-37-38-39-40-41-42-43-44-45-47-48-51-54-57-60-63-66-69-75(78)81-72-73(71-80-74(77)68-65-62-59-56-53-50-27-24-21-18-15-12-9-6-3)82-76(79)70-67-64-61-58-55-52-49-46-29-26-23-20-17-14-11-8-5-2/h7,10,16,19,24-25,27-28,31-32,34-35,73H,4-6,8-9,11-15,17-18,20-23,26,29-30,33,36-72H2,1-3H3/b10-7-,19-16-,27-24-,28-25-,32-31-,35-34-. The van der Waals surface area contributed by atoms with Crippen molar-refractivity contribution in [3.05, 3.63) is 72.9 Å². The molecule has 0 saturated heterocycles.